The summed E-state index contributed by atoms with van der Waals surface area (Å²) in [6.45, 7) is 5.19. The predicted octanol–water partition coefficient (Wildman–Crippen LogP) is 2.06. The maximum atomic E-state index is 13.2. The number of nitrogens with two attached hydrogens (primary N) is 1. The van der Waals surface area contributed by atoms with Crippen LogP contribution < -0.4 is 11.1 Å². The van der Waals surface area contributed by atoms with Crippen LogP contribution in [0.1, 0.15) is 32.4 Å². The van der Waals surface area contributed by atoms with Crippen molar-refractivity contribution in [2.45, 2.75) is 32.4 Å². The van der Waals surface area contributed by atoms with Gasteiger partial charge in [-0.05, 0) is 26.8 Å². The average molecular weight is 270 g/mol. The number of carbonyl (C=O) groups excluding carboxylic acids is 1. The number of phenols is 1. The molecule has 0 saturated carbocycles. The summed E-state index contributed by atoms with van der Waals surface area (Å²) in [6, 6.07) is 3.34. The number of rotatable bonds is 3. The molecule has 0 aromatic heterocycles. The maximum absolute atomic E-state index is 13.2. The van der Waals surface area contributed by atoms with Crippen molar-refractivity contribution in [2.24, 2.45) is 5.73 Å². The molecule has 1 atom stereocenters. The van der Waals surface area contributed by atoms with Gasteiger partial charge in [-0.15, -0.1) is 0 Å². The summed E-state index contributed by atoms with van der Waals surface area (Å²) in [5.74, 6) is -1.28. The summed E-state index contributed by atoms with van der Waals surface area (Å²) in [5, 5.41) is 12.1. The molecule has 0 saturated heterocycles. The average Bonchev–Trinajstić information content (AvgIpc) is 2.27. The number of hydrogen-bond acceptors (Lipinski definition) is 4. The normalized spacial score (nSPS) is 12.9. The lowest BCUT2D eigenvalue weighted by Crippen LogP contribution is -2.37. The number of hydrogen-bond donors (Lipinski definition) is 3. The third kappa shape index (κ3) is 4.40. The number of nitrogens with one attached hydrogen (secondary N) is 1. The molecule has 6 heteroatoms. The van der Waals surface area contributed by atoms with Crippen molar-refractivity contribution in [2.75, 3.05) is 6.54 Å². The highest BCUT2D eigenvalue weighted by molar-refractivity contribution is 5.68. The summed E-state index contributed by atoms with van der Waals surface area (Å²) in [5.41, 5.74) is 5.10. The van der Waals surface area contributed by atoms with Gasteiger partial charge in [0.2, 0.25) is 0 Å². The molecular formula is C13H19FN2O3. The minimum absolute atomic E-state index is 0.0102. The Morgan fingerprint density at radius 2 is 2.16 bits per heavy atom. The van der Waals surface area contributed by atoms with Crippen LogP contribution in [0, 0.1) is 5.82 Å². The van der Waals surface area contributed by atoms with Crippen LogP contribution in [0.2, 0.25) is 0 Å². The number of halogens is 1. The molecule has 1 amide bonds. The molecule has 0 spiro atoms. The second kappa shape index (κ2) is 5.88. The van der Waals surface area contributed by atoms with E-state index in [1.807, 2.05) is 0 Å². The fourth-order valence-electron chi connectivity index (χ4n) is 1.53. The number of para-hydroxylation sites is 1. The van der Waals surface area contributed by atoms with E-state index < -0.39 is 29.3 Å². The van der Waals surface area contributed by atoms with Crippen LogP contribution in [-0.2, 0) is 4.74 Å². The number of carbonyl (C=O) groups is 1. The van der Waals surface area contributed by atoms with Crippen molar-refractivity contribution in [1.29, 1.82) is 0 Å². The number of amides is 1. The summed E-state index contributed by atoms with van der Waals surface area (Å²) in [4.78, 5) is 11.6. The monoisotopic (exact) mass is 270 g/mol. The first-order chi connectivity index (χ1) is 8.74. The van der Waals surface area contributed by atoms with Gasteiger partial charge < -0.3 is 20.9 Å². The van der Waals surface area contributed by atoms with Gasteiger partial charge in [0.05, 0.1) is 6.04 Å². The lowest BCUT2D eigenvalue weighted by Gasteiger charge is -2.23. The maximum Gasteiger partial charge on any atom is 0.408 e. The van der Waals surface area contributed by atoms with E-state index in [1.165, 1.54) is 12.1 Å². The first kappa shape index (κ1) is 15.2. The molecule has 4 N–H and O–H groups in total. The number of alkyl carbamates (subject to hydrolysis) is 1. The van der Waals surface area contributed by atoms with E-state index in [-0.39, 0.29) is 12.1 Å². The largest absolute Gasteiger partial charge is 0.505 e. The van der Waals surface area contributed by atoms with Gasteiger partial charge in [-0.2, -0.15) is 0 Å². The Bertz CT molecular complexity index is 458. The SMILES string of the molecule is CC(C)(C)OC(=O)NC(CN)c1cccc(F)c1O. The zero-order valence-corrected chi connectivity index (χ0v) is 11.2. The highest BCUT2D eigenvalue weighted by atomic mass is 19.1. The molecule has 1 aromatic rings. The van der Waals surface area contributed by atoms with Crippen LogP contribution in [0.15, 0.2) is 18.2 Å². The molecule has 0 aliphatic carbocycles. The summed E-state index contributed by atoms with van der Waals surface area (Å²) < 4.78 is 18.3. The Morgan fingerprint density at radius 1 is 1.53 bits per heavy atom. The highest BCUT2D eigenvalue weighted by Crippen LogP contribution is 2.26. The molecule has 106 valence electrons. The van der Waals surface area contributed by atoms with Gasteiger partial charge in [0.1, 0.15) is 5.60 Å². The van der Waals surface area contributed by atoms with Crippen LogP contribution in [-0.4, -0.2) is 23.3 Å². The smallest absolute Gasteiger partial charge is 0.408 e. The fourth-order valence-corrected chi connectivity index (χ4v) is 1.53. The second-order valence-corrected chi connectivity index (χ2v) is 5.11. The fraction of sp³-hybridized carbons (Fsp3) is 0.462. The number of aromatic hydroxyl groups is 1. The summed E-state index contributed by atoms with van der Waals surface area (Å²) in [7, 11) is 0. The van der Waals surface area contributed by atoms with Crippen molar-refractivity contribution in [1.82, 2.24) is 5.32 Å². The Hall–Kier alpha value is -1.82. The number of phenolic OH excluding ortho intramolecular Hbond substituents is 1. The summed E-state index contributed by atoms with van der Waals surface area (Å²) in [6.07, 6.45) is -0.674. The predicted molar refractivity (Wildman–Crippen MR) is 69.2 cm³/mol. The van der Waals surface area contributed by atoms with E-state index in [1.54, 1.807) is 20.8 Å². The summed E-state index contributed by atoms with van der Waals surface area (Å²) >= 11 is 0. The van der Waals surface area contributed by atoms with Crippen molar-refractivity contribution in [3.05, 3.63) is 29.6 Å². The van der Waals surface area contributed by atoms with Crippen LogP contribution in [0.4, 0.5) is 9.18 Å². The van der Waals surface area contributed by atoms with Gasteiger partial charge in [0.15, 0.2) is 11.6 Å². The van der Waals surface area contributed by atoms with Gasteiger partial charge >= 0.3 is 6.09 Å². The molecule has 1 rings (SSSR count). The molecule has 0 heterocycles. The first-order valence-corrected chi connectivity index (χ1v) is 5.91. The highest BCUT2D eigenvalue weighted by Gasteiger charge is 2.22. The van der Waals surface area contributed by atoms with Gasteiger partial charge in [-0.3, -0.25) is 0 Å². The molecule has 1 aromatic carbocycles. The third-order valence-corrected chi connectivity index (χ3v) is 2.32. The minimum atomic E-state index is -0.762. The number of benzene rings is 1. The van der Waals surface area contributed by atoms with Crippen molar-refractivity contribution in [3.63, 3.8) is 0 Å². The Kier molecular flexibility index (Phi) is 4.72. The van der Waals surface area contributed by atoms with Gasteiger partial charge in [-0.25, -0.2) is 9.18 Å². The third-order valence-electron chi connectivity index (χ3n) is 2.32. The minimum Gasteiger partial charge on any atom is -0.505 e. The zero-order chi connectivity index (χ0) is 14.6. The molecule has 19 heavy (non-hydrogen) atoms. The van der Waals surface area contributed by atoms with Crippen molar-refractivity contribution < 1.29 is 19.0 Å². The molecule has 0 fully saturated rings. The number of ether oxygens (including phenoxy) is 1. The topological polar surface area (TPSA) is 84.6 Å². The van der Waals surface area contributed by atoms with Crippen LogP contribution >= 0.6 is 0 Å². The standard InChI is InChI=1S/C13H19FN2O3/c1-13(2,3)19-12(18)16-10(7-15)8-5-4-6-9(14)11(8)17/h4-6,10,17H,7,15H2,1-3H3,(H,16,18). The molecule has 0 radical (unpaired) electrons. The second-order valence-electron chi connectivity index (χ2n) is 5.11. The van der Waals surface area contributed by atoms with Crippen LogP contribution in [0.3, 0.4) is 0 Å². The van der Waals surface area contributed by atoms with Crippen molar-refractivity contribution in [3.8, 4) is 5.75 Å². The molecule has 0 bridgehead atoms. The molecule has 5 nitrogen and oxygen atoms in total. The lowest BCUT2D eigenvalue weighted by atomic mass is 10.1. The van der Waals surface area contributed by atoms with E-state index in [0.717, 1.165) is 6.07 Å². The van der Waals surface area contributed by atoms with E-state index in [9.17, 15) is 14.3 Å². The Labute approximate surface area is 111 Å². The van der Waals surface area contributed by atoms with Gasteiger partial charge in [0, 0.05) is 12.1 Å². The van der Waals surface area contributed by atoms with Crippen LogP contribution in [0.5, 0.6) is 5.75 Å². The molecular weight excluding hydrogens is 251 g/mol. The molecule has 0 aliphatic rings. The molecule has 1 unspecified atom stereocenters. The quantitative estimate of drug-likeness (QED) is 0.784. The van der Waals surface area contributed by atoms with E-state index in [0.29, 0.717) is 0 Å². The van der Waals surface area contributed by atoms with Gasteiger partial charge in [0.25, 0.3) is 0 Å². The Balaban J connectivity index is 2.84. The van der Waals surface area contributed by atoms with E-state index >= 15 is 0 Å². The first-order valence-electron chi connectivity index (χ1n) is 5.91. The van der Waals surface area contributed by atoms with Gasteiger partial charge in [-0.1, -0.05) is 12.1 Å². The lowest BCUT2D eigenvalue weighted by molar-refractivity contribution is 0.0504. The molecule has 0 aliphatic heterocycles. The zero-order valence-electron chi connectivity index (χ0n) is 11.2. The van der Waals surface area contributed by atoms with Crippen LogP contribution in [0.25, 0.3) is 0 Å². The Morgan fingerprint density at radius 3 is 2.68 bits per heavy atom. The van der Waals surface area contributed by atoms with E-state index in [4.69, 9.17) is 10.5 Å². The van der Waals surface area contributed by atoms with E-state index in [2.05, 4.69) is 5.32 Å². The van der Waals surface area contributed by atoms with Crippen molar-refractivity contribution >= 4 is 6.09 Å².